The van der Waals surface area contributed by atoms with Crippen LogP contribution in [0.3, 0.4) is 0 Å². The van der Waals surface area contributed by atoms with Gasteiger partial charge in [0.15, 0.2) is 0 Å². The molecule has 0 aliphatic rings. The average Bonchev–Trinajstić information content (AvgIpc) is 2.34. The van der Waals surface area contributed by atoms with Gasteiger partial charge in [0, 0.05) is 18.3 Å². The van der Waals surface area contributed by atoms with Crippen molar-refractivity contribution >= 4 is 9.84 Å². The van der Waals surface area contributed by atoms with Crippen LogP contribution >= 0.6 is 0 Å². The number of sulfone groups is 1. The number of aryl methyl sites for hydroxylation is 1. The van der Waals surface area contributed by atoms with Gasteiger partial charge < -0.3 is 5.32 Å². The minimum atomic E-state index is -2.93. The van der Waals surface area contributed by atoms with Crippen molar-refractivity contribution in [2.75, 3.05) is 12.0 Å². The Labute approximate surface area is 123 Å². The Hall–Kier alpha value is -0.870. The molecular weight excluding hydrogens is 270 g/mol. The summed E-state index contributed by atoms with van der Waals surface area (Å²) in [5.74, 6) is 0.173. The molecule has 3 nitrogen and oxygen atoms in total. The highest BCUT2D eigenvalue weighted by atomic mass is 32.2. The number of nitrogens with one attached hydrogen (secondary N) is 1. The van der Waals surface area contributed by atoms with E-state index in [2.05, 4.69) is 43.4 Å². The zero-order chi connectivity index (χ0) is 15.2. The van der Waals surface area contributed by atoms with E-state index in [9.17, 15) is 8.42 Å². The van der Waals surface area contributed by atoms with Gasteiger partial charge in [0.05, 0.1) is 5.75 Å². The quantitative estimate of drug-likeness (QED) is 0.802. The summed E-state index contributed by atoms with van der Waals surface area (Å²) in [5.41, 5.74) is 2.57. The van der Waals surface area contributed by atoms with Gasteiger partial charge in [-0.1, -0.05) is 37.6 Å². The van der Waals surface area contributed by atoms with Crippen LogP contribution in [0.5, 0.6) is 0 Å². The third-order valence-electron chi connectivity index (χ3n) is 3.39. The molecule has 0 spiro atoms. The summed E-state index contributed by atoms with van der Waals surface area (Å²) in [7, 11) is -2.93. The summed E-state index contributed by atoms with van der Waals surface area (Å²) >= 11 is 0. The van der Waals surface area contributed by atoms with Gasteiger partial charge in [-0.15, -0.1) is 0 Å². The number of hydrogen-bond acceptors (Lipinski definition) is 3. The largest absolute Gasteiger partial charge is 0.307 e. The molecule has 20 heavy (non-hydrogen) atoms. The molecule has 1 aromatic rings. The molecule has 4 heteroatoms. The molecule has 1 N–H and O–H groups in total. The Kier molecular flexibility index (Phi) is 6.69. The molecule has 0 aliphatic heterocycles. The topological polar surface area (TPSA) is 46.2 Å². The van der Waals surface area contributed by atoms with Crippen LogP contribution in [0.15, 0.2) is 24.3 Å². The van der Waals surface area contributed by atoms with Gasteiger partial charge in [0.2, 0.25) is 0 Å². The lowest BCUT2D eigenvalue weighted by Crippen LogP contribution is -2.34. The van der Waals surface area contributed by atoms with E-state index in [1.165, 1.54) is 30.2 Å². The van der Waals surface area contributed by atoms with Crippen LogP contribution in [-0.4, -0.2) is 26.5 Å². The first kappa shape index (κ1) is 17.2. The Morgan fingerprint density at radius 3 is 2.25 bits per heavy atom. The van der Waals surface area contributed by atoms with E-state index in [-0.39, 0.29) is 17.8 Å². The molecule has 2 atom stereocenters. The Morgan fingerprint density at radius 1 is 1.15 bits per heavy atom. The predicted octanol–water partition coefficient (Wildman–Crippen LogP) is 3.11. The first-order valence-corrected chi connectivity index (χ1v) is 9.40. The molecule has 2 unspecified atom stereocenters. The molecule has 0 aromatic heterocycles. The zero-order valence-corrected chi connectivity index (χ0v) is 13.8. The van der Waals surface area contributed by atoms with E-state index < -0.39 is 9.84 Å². The fourth-order valence-corrected chi connectivity index (χ4v) is 3.38. The van der Waals surface area contributed by atoms with Gasteiger partial charge in [-0.25, -0.2) is 8.42 Å². The molecular formula is C16H27NO2S. The van der Waals surface area contributed by atoms with Crippen molar-refractivity contribution in [2.45, 2.75) is 52.1 Å². The van der Waals surface area contributed by atoms with Crippen LogP contribution in [0.1, 0.15) is 50.8 Å². The van der Waals surface area contributed by atoms with Crippen molar-refractivity contribution in [2.24, 2.45) is 0 Å². The highest BCUT2D eigenvalue weighted by Gasteiger charge is 2.13. The van der Waals surface area contributed by atoms with Crippen LogP contribution < -0.4 is 5.32 Å². The van der Waals surface area contributed by atoms with E-state index in [0.29, 0.717) is 0 Å². The van der Waals surface area contributed by atoms with Crippen molar-refractivity contribution in [1.29, 1.82) is 0 Å². The SMILES string of the molecule is CCCCc1ccc(C(C)NC(C)CS(C)(=O)=O)cc1. The third kappa shape index (κ3) is 6.53. The van der Waals surface area contributed by atoms with Crippen molar-refractivity contribution in [3.63, 3.8) is 0 Å². The van der Waals surface area contributed by atoms with E-state index in [1.807, 2.05) is 6.92 Å². The summed E-state index contributed by atoms with van der Waals surface area (Å²) in [6.45, 7) is 6.18. The van der Waals surface area contributed by atoms with Crippen LogP contribution in [0.2, 0.25) is 0 Å². The Morgan fingerprint density at radius 2 is 1.75 bits per heavy atom. The normalized spacial score (nSPS) is 15.0. The number of unbranched alkanes of at least 4 members (excludes halogenated alkanes) is 1. The maximum absolute atomic E-state index is 11.3. The lowest BCUT2D eigenvalue weighted by Gasteiger charge is -2.20. The van der Waals surface area contributed by atoms with Gasteiger partial charge in [-0.2, -0.15) is 0 Å². The van der Waals surface area contributed by atoms with Gasteiger partial charge in [0.1, 0.15) is 9.84 Å². The van der Waals surface area contributed by atoms with Crippen molar-refractivity contribution < 1.29 is 8.42 Å². The first-order valence-electron chi connectivity index (χ1n) is 7.34. The smallest absolute Gasteiger partial charge is 0.148 e. The van der Waals surface area contributed by atoms with Crippen LogP contribution in [0.25, 0.3) is 0 Å². The molecule has 0 amide bonds. The monoisotopic (exact) mass is 297 g/mol. The second-order valence-corrected chi connectivity index (χ2v) is 7.91. The fraction of sp³-hybridized carbons (Fsp3) is 0.625. The average molecular weight is 297 g/mol. The highest BCUT2D eigenvalue weighted by Crippen LogP contribution is 2.15. The first-order chi connectivity index (χ1) is 9.31. The van der Waals surface area contributed by atoms with Crippen LogP contribution in [0.4, 0.5) is 0 Å². The van der Waals surface area contributed by atoms with Gasteiger partial charge in [-0.05, 0) is 37.8 Å². The summed E-state index contributed by atoms with van der Waals surface area (Å²) in [4.78, 5) is 0. The van der Waals surface area contributed by atoms with E-state index in [4.69, 9.17) is 0 Å². The molecule has 1 rings (SSSR count). The minimum absolute atomic E-state index is 0.0419. The molecule has 0 radical (unpaired) electrons. The van der Waals surface area contributed by atoms with Crippen molar-refractivity contribution in [3.8, 4) is 0 Å². The predicted molar refractivity (Wildman–Crippen MR) is 85.8 cm³/mol. The Bertz CT molecular complexity index is 494. The lowest BCUT2D eigenvalue weighted by molar-refractivity contribution is 0.500. The molecule has 0 heterocycles. The zero-order valence-electron chi connectivity index (χ0n) is 13.0. The molecule has 114 valence electrons. The summed E-state index contributed by atoms with van der Waals surface area (Å²) in [6.07, 6.45) is 4.84. The molecule has 1 aromatic carbocycles. The van der Waals surface area contributed by atoms with E-state index in [1.54, 1.807) is 0 Å². The number of benzene rings is 1. The lowest BCUT2D eigenvalue weighted by atomic mass is 10.0. The summed E-state index contributed by atoms with van der Waals surface area (Å²) < 4.78 is 22.5. The maximum Gasteiger partial charge on any atom is 0.148 e. The second-order valence-electron chi connectivity index (χ2n) is 5.73. The highest BCUT2D eigenvalue weighted by molar-refractivity contribution is 7.90. The number of hydrogen-bond donors (Lipinski definition) is 1. The maximum atomic E-state index is 11.3. The van der Waals surface area contributed by atoms with Gasteiger partial charge in [-0.3, -0.25) is 0 Å². The molecule has 0 aliphatic carbocycles. The van der Waals surface area contributed by atoms with Crippen molar-refractivity contribution in [3.05, 3.63) is 35.4 Å². The van der Waals surface area contributed by atoms with E-state index in [0.717, 1.165) is 6.42 Å². The molecule has 0 bridgehead atoms. The minimum Gasteiger partial charge on any atom is -0.307 e. The van der Waals surface area contributed by atoms with Crippen LogP contribution in [-0.2, 0) is 16.3 Å². The Balaban J connectivity index is 2.56. The standard InChI is InChI=1S/C16H27NO2S/c1-5-6-7-15-8-10-16(11-9-15)14(3)17-13(2)12-20(4,18)19/h8-11,13-14,17H,5-7,12H2,1-4H3. The molecule has 0 saturated heterocycles. The fourth-order valence-electron chi connectivity index (χ4n) is 2.38. The summed E-state index contributed by atoms with van der Waals surface area (Å²) in [5, 5.41) is 3.34. The second kappa shape index (κ2) is 7.79. The van der Waals surface area contributed by atoms with E-state index >= 15 is 0 Å². The summed E-state index contributed by atoms with van der Waals surface area (Å²) in [6, 6.07) is 8.73. The van der Waals surface area contributed by atoms with Crippen molar-refractivity contribution in [1.82, 2.24) is 5.32 Å². The molecule has 0 saturated carbocycles. The van der Waals surface area contributed by atoms with Gasteiger partial charge >= 0.3 is 0 Å². The number of rotatable bonds is 8. The molecule has 0 fully saturated rings. The third-order valence-corrected chi connectivity index (χ3v) is 4.49. The van der Waals surface area contributed by atoms with Gasteiger partial charge in [0.25, 0.3) is 0 Å². The van der Waals surface area contributed by atoms with Crippen LogP contribution in [0, 0.1) is 0 Å².